The summed E-state index contributed by atoms with van der Waals surface area (Å²) in [6, 6.07) is 3.16. The van der Waals surface area contributed by atoms with Gasteiger partial charge in [-0.2, -0.15) is 0 Å². The zero-order valence-electron chi connectivity index (χ0n) is 10.6. The maximum Gasteiger partial charge on any atom is 0.241 e. The van der Waals surface area contributed by atoms with Gasteiger partial charge in [-0.1, -0.05) is 0 Å². The molecular weight excluding hydrogens is 273 g/mol. The lowest BCUT2D eigenvalue weighted by Gasteiger charge is -2.24. The van der Waals surface area contributed by atoms with E-state index in [1.807, 2.05) is 0 Å². The van der Waals surface area contributed by atoms with Crippen LogP contribution in [-0.4, -0.2) is 19.9 Å². The molecule has 0 saturated heterocycles. The summed E-state index contributed by atoms with van der Waals surface area (Å²) in [4.78, 5) is 10.6. The van der Waals surface area contributed by atoms with Crippen LogP contribution >= 0.6 is 0 Å². The van der Waals surface area contributed by atoms with Crippen molar-refractivity contribution in [2.45, 2.75) is 30.7 Å². The second kappa shape index (κ2) is 5.14. The number of benzene rings is 1. The molecule has 0 aliphatic carbocycles. The first kappa shape index (κ1) is 15.4. The summed E-state index contributed by atoms with van der Waals surface area (Å²) in [5.41, 5.74) is 9.09. The first-order valence-electron chi connectivity index (χ1n) is 5.41. The van der Waals surface area contributed by atoms with Crippen molar-refractivity contribution in [3.8, 4) is 0 Å². The summed E-state index contributed by atoms with van der Waals surface area (Å²) < 4.78 is 39.6. The number of halogens is 1. The number of sulfonamides is 1. The largest absolute Gasteiger partial charge is 0.396 e. The smallest absolute Gasteiger partial charge is 0.241 e. The molecule has 6 nitrogen and oxygen atoms in total. The molecule has 0 aromatic heterocycles. The molecule has 106 valence electrons. The van der Waals surface area contributed by atoms with Crippen LogP contribution in [0.5, 0.6) is 0 Å². The average molecular weight is 289 g/mol. The second-order valence-corrected chi connectivity index (χ2v) is 6.50. The Balaban J connectivity index is 3.04. The van der Waals surface area contributed by atoms with Crippen molar-refractivity contribution in [2.24, 2.45) is 5.73 Å². The van der Waals surface area contributed by atoms with Crippen molar-refractivity contribution in [1.82, 2.24) is 4.72 Å². The molecule has 0 bridgehead atoms. The lowest BCUT2D eigenvalue weighted by molar-refractivity contribution is -0.119. The second-order valence-electron chi connectivity index (χ2n) is 4.82. The van der Waals surface area contributed by atoms with Gasteiger partial charge in [-0.3, -0.25) is 4.79 Å². The molecule has 5 N–H and O–H groups in total. The van der Waals surface area contributed by atoms with E-state index in [0.29, 0.717) is 0 Å². The van der Waals surface area contributed by atoms with Gasteiger partial charge in [0.1, 0.15) is 5.82 Å². The van der Waals surface area contributed by atoms with E-state index in [1.54, 1.807) is 0 Å². The van der Waals surface area contributed by atoms with Crippen LogP contribution in [0.3, 0.4) is 0 Å². The summed E-state index contributed by atoms with van der Waals surface area (Å²) in [6.45, 7) is 3.01. The Morgan fingerprint density at radius 1 is 1.42 bits per heavy atom. The molecule has 0 fully saturated rings. The zero-order valence-corrected chi connectivity index (χ0v) is 11.4. The Morgan fingerprint density at radius 3 is 2.47 bits per heavy atom. The van der Waals surface area contributed by atoms with Crippen LogP contribution in [0.4, 0.5) is 10.1 Å². The summed E-state index contributed by atoms with van der Waals surface area (Å²) in [6.07, 6.45) is -0.177. The molecule has 0 heterocycles. The molecule has 0 unspecified atom stereocenters. The number of nitrogens with one attached hydrogen (secondary N) is 1. The van der Waals surface area contributed by atoms with Gasteiger partial charge >= 0.3 is 0 Å². The maximum absolute atomic E-state index is 13.3. The SMILES string of the molecule is CC(C)(CC(N)=O)NS(=O)(=O)c1ccc(N)c(F)c1. The number of carbonyl (C=O) groups is 1. The molecule has 1 aromatic carbocycles. The van der Waals surface area contributed by atoms with E-state index in [1.165, 1.54) is 19.9 Å². The summed E-state index contributed by atoms with van der Waals surface area (Å²) in [5.74, 6) is -1.47. The Labute approximate surface area is 111 Å². The van der Waals surface area contributed by atoms with Gasteiger partial charge in [0.2, 0.25) is 15.9 Å². The number of anilines is 1. The van der Waals surface area contributed by atoms with Crippen molar-refractivity contribution >= 4 is 21.6 Å². The molecule has 0 saturated carbocycles. The fourth-order valence-corrected chi connectivity index (χ4v) is 2.99. The summed E-state index contributed by atoms with van der Waals surface area (Å²) >= 11 is 0. The third-order valence-electron chi connectivity index (χ3n) is 2.31. The van der Waals surface area contributed by atoms with Gasteiger partial charge in [-0.25, -0.2) is 17.5 Å². The number of carbonyl (C=O) groups excluding carboxylic acids is 1. The fourth-order valence-electron chi connectivity index (χ4n) is 1.57. The van der Waals surface area contributed by atoms with Gasteiger partial charge in [-0.15, -0.1) is 0 Å². The van der Waals surface area contributed by atoms with Gasteiger partial charge in [0, 0.05) is 12.0 Å². The highest BCUT2D eigenvalue weighted by molar-refractivity contribution is 7.89. The number of rotatable bonds is 5. The maximum atomic E-state index is 13.3. The van der Waals surface area contributed by atoms with E-state index in [9.17, 15) is 17.6 Å². The quantitative estimate of drug-likeness (QED) is 0.678. The van der Waals surface area contributed by atoms with E-state index >= 15 is 0 Å². The lowest BCUT2D eigenvalue weighted by Crippen LogP contribution is -2.45. The lowest BCUT2D eigenvalue weighted by atomic mass is 10.0. The molecule has 0 atom stereocenters. The molecule has 1 rings (SSSR count). The van der Waals surface area contributed by atoms with Gasteiger partial charge in [-0.05, 0) is 32.0 Å². The normalized spacial score (nSPS) is 12.4. The standard InChI is InChI=1S/C11H16FN3O3S/c1-11(2,6-10(14)16)15-19(17,18)7-3-4-9(13)8(12)5-7/h3-5,15H,6,13H2,1-2H3,(H2,14,16). The minimum Gasteiger partial charge on any atom is -0.396 e. The van der Waals surface area contributed by atoms with Crippen molar-refractivity contribution in [3.05, 3.63) is 24.0 Å². The number of nitrogens with two attached hydrogens (primary N) is 2. The zero-order chi connectivity index (χ0) is 14.8. The molecule has 0 radical (unpaired) electrons. The van der Waals surface area contributed by atoms with Crippen LogP contribution in [0.15, 0.2) is 23.1 Å². The number of primary amides is 1. The van der Waals surface area contributed by atoms with Crippen LogP contribution in [0.25, 0.3) is 0 Å². The highest BCUT2D eigenvalue weighted by Crippen LogP contribution is 2.19. The third kappa shape index (κ3) is 4.18. The Bertz CT molecular complexity index is 599. The van der Waals surface area contributed by atoms with Crippen molar-refractivity contribution in [3.63, 3.8) is 0 Å². The molecule has 0 aliphatic rings. The van der Waals surface area contributed by atoms with Crippen LogP contribution in [0.1, 0.15) is 20.3 Å². The number of amides is 1. The summed E-state index contributed by atoms with van der Waals surface area (Å²) in [7, 11) is -3.96. The van der Waals surface area contributed by atoms with E-state index in [4.69, 9.17) is 11.5 Å². The van der Waals surface area contributed by atoms with E-state index in [0.717, 1.165) is 12.1 Å². The van der Waals surface area contributed by atoms with E-state index in [-0.39, 0.29) is 17.0 Å². The van der Waals surface area contributed by atoms with E-state index in [2.05, 4.69) is 4.72 Å². The first-order chi connectivity index (χ1) is 8.53. The van der Waals surface area contributed by atoms with Gasteiger partial charge in [0.25, 0.3) is 0 Å². The number of nitrogen functional groups attached to an aromatic ring is 1. The molecule has 1 aromatic rings. The topological polar surface area (TPSA) is 115 Å². The molecular formula is C11H16FN3O3S. The minimum absolute atomic E-state index is 0.143. The predicted octanol–water partition coefficient (Wildman–Crippen LogP) is 0.340. The highest BCUT2D eigenvalue weighted by Gasteiger charge is 2.28. The van der Waals surface area contributed by atoms with Crippen molar-refractivity contribution in [2.75, 3.05) is 5.73 Å². The number of hydrogen-bond acceptors (Lipinski definition) is 4. The third-order valence-corrected chi connectivity index (χ3v) is 4.00. The van der Waals surface area contributed by atoms with Crippen LogP contribution in [0, 0.1) is 5.82 Å². The Hall–Kier alpha value is -1.67. The molecule has 1 amide bonds. The first-order valence-corrected chi connectivity index (χ1v) is 6.89. The number of hydrogen-bond donors (Lipinski definition) is 3. The van der Waals surface area contributed by atoms with Crippen LogP contribution in [-0.2, 0) is 14.8 Å². The van der Waals surface area contributed by atoms with Crippen molar-refractivity contribution in [1.29, 1.82) is 0 Å². The van der Waals surface area contributed by atoms with Gasteiger partial charge < -0.3 is 11.5 Å². The van der Waals surface area contributed by atoms with Gasteiger partial charge in [0.15, 0.2) is 0 Å². The van der Waals surface area contributed by atoms with Crippen LogP contribution < -0.4 is 16.2 Å². The molecule has 19 heavy (non-hydrogen) atoms. The minimum atomic E-state index is -3.96. The molecule has 0 spiro atoms. The fraction of sp³-hybridized carbons (Fsp3) is 0.364. The highest BCUT2D eigenvalue weighted by atomic mass is 32.2. The Morgan fingerprint density at radius 2 is 2.00 bits per heavy atom. The average Bonchev–Trinajstić information content (AvgIpc) is 2.17. The van der Waals surface area contributed by atoms with Crippen molar-refractivity contribution < 1.29 is 17.6 Å². The predicted molar refractivity (Wildman–Crippen MR) is 69.0 cm³/mol. The Kier molecular flexibility index (Phi) is 4.16. The monoisotopic (exact) mass is 289 g/mol. The van der Waals surface area contributed by atoms with Crippen LogP contribution in [0.2, 0.25) is 0 Å². The summed E-state index contributed by atoms with van der Waals surface area (Å²) in [5, 5.41) is 0. The van der Waals surface area contributed by atoms with Gasteiger partial charge in [0.05, 0.1) is 10.6 Å². The molecule has 0 aliphatic heterocycles. The van der Waals surface area contributed by atoms with E-state index < -0.39 is 27.3 Å². The molecule has 8 heteroatoms.